The highest BCUT2D eigenvalue weighted by molar-refractivity contribution is 7.91. The van der Waals surface area contributed by atoms with Crippen molar-refractivity contribution in [3.8, 4) is 17.2 Å². The SMILES string of the molecule is CCOc1ccc(Oc2ccc(C(F)(F)F)cc2NC(=O)c2cccc(S(C)(=N)=O)c2)cc1. The summed E-state index contributed by atoms with van der Waals surface area (Å²) in [6, 6.07) is 14.8. The minimum Gasteiger partial charge on any atom is -0.494 e. The van der Waals surface area contributed by atoms with Gasteiger partial charge in [-0.05, 0) is 67.6 Å². The largest absolute Gasteiger partial charge is 0.494 e. The van der Waals surface area contributed by atoms with Crippen LogP contribution >= 0.6 is 0 Å². The summed E-state index contributed by atoms with van der Waals surface area (Å²) in [4.78, 5) is 12.9. The highest BCUT2D eigenvalue weighted by atomic mass is 32.2. The molecular formula is C23H21F3N2O4S. The normalized spacial score (nSPS) is 13.1. The van der Waals surface area contributed by atoms with Gasteiger partial charge in [0, 0.05) is 16.7 Å². The molecule has 3 rings (SSSR count). The van der Waals surface area contributed by atoms with Crippen LogP contribution < -0.4 is 14.8 Å². The number of amides is 1. The van der Waals surface area contributed by atoms with E-state index < -0.39 is 27.4 Å². The molecule has 3 aromatic rings. The van der Waals surface area contributed by atoms with E-state index in [4.69, 9.17) is 14.3 Å². The smallest absolute Gasteiger partial charge is 0.416 e. The van der Waals surface area contributed by atoms with Crippen LogP contribution in [0.4, 0.5) is 18.9 Å². The maximum absolute atomic E-state index is 13.3. The van der Waals surface area contributed by atoms with Gasteiger partial charge in [-0.3, -0.25) is 4.79 Å². The molecule has 0 saturated carbocycles. The molecule has 10 heteroatoms. The molecule has 0 aliphatic rings. The summed E-state index contributed by atoms with van der Waals surface area (Å²) in [7, 11) is -3.08. The first-order valence-corrected chi connectivity index (χ1v) is 11.7. The van der Waals surface area contributed by atoms with Crippen molar-refractivity contribution in [2.75, 3.05) is 18.2 Å². The van der Waals surface area contributed by atoms with Crippen LogP contribution in [0.25, 0.3) is 0 Å². The first-order valence-electron chi connectivity index (χ1n) is 9.74. The van der Waals surface area contributed by atoms with Gasteiger partial charge < -0.3 is 14.8 Å². The molecule has 1 amide bonds. The van der Waals surface area contributed by atoms with E-state index >= 15 is 0 Å². The van der Waals surface area contributed by atoms with Crippen molar-refractivity contribution in [1.82, 2.24) is 0 Å². The summed E-state index contributed by atoms with van der Waals surface area (Å²) in [5.41, 5.74) is -1.12. The Bertz CT molecular complexity index is 1260. The number of ether oxygens (including phenoxy) is 2. The molecule has 0 fully saturated rings. The lowest BCUT2D eigenvalue weighted by Gasteiger charge is -2.16. The molecule has 1 atom stereocenters. The number of hydrogen-bond donors (Lipinski definition) is 2. The molecule has 174 valence electrons. The van der Waals surface area contributed by atoms with E-state index in [2.05, 4.69) is 5.32 Å². The van der Waals surface area contributed by atoms with E-state index in [0.717, 1.165) is 18.2 Å². The van der Waals surface area contributed by atoms with Crippen molar-refractivity contribution in [3.05, 3.63) is 77.9 Å². The zero-order valence-electron chi connectivity index (χ0n) is 17.7. The van der Waals surface area contributed by atoms with E-state index in [9.17, 15) is 22.2 Å². The first kappa shape index (κ1) is 24.1. The van der Waals surface area contributed by atoms with Gasteiger partial charge in [-0.25, -0.2) is 8.99 Å². The summed E-state index contributed by atoms with van der Waals surface area (Å²) in [5, 5.41) is 2.43. The maximum Gasteiger partial charge on any atom is 0.416 e. The number of benzene rings is 3. The topological polar surface area (TPSA) is 88.5 Å². The number of halogens is 3. The number of rotatable bonds is 7. The Balaban J connectivity index is 1.94. The number of carbonyl (C=O) groups excluding carboxylic acids is 1. The fraction of sp³-hybridized carbons (Fsp3) is 0.174. The van der Waals surface area contributed by atoms with Gasteiger partial charge in [0.1, 0.15) is 11.5 Å². The van der Waals surface area contributed by atoms with E-state index in [-0.39, 0.29) is 21.9 Å². The van der Waals surface area contributed by atoms with Crippen molar-refractivity contribution in [2.24, 2.45) is 0 Å². The second-order valence-corrected chi connectivity index (χ2v) is 9.20. The zero-order chi connectivity index (χ0) is 24.2. The Hall–Kier alpha value is -3.53. The molecule has 0 saturated heterocycles. The van der Waals surface area contributed by atoms with Gasteiger partial charge >= 0.3 is 6.18 Å². The van der Waals surface area contributed by atoms with Crippen LogP contribution in [0.5, 0.6) is 17.2 Å². The molecule has 6 nitrogen and oxygen atoms in total. The van der Waals surface area contributed by atoms with E-state index in [0.29, 0.717) is 18.1 Å². The lowest BCUT2D eigenvalue weighted by Crippen LogP contribution is -2.14. The molecule has 0 aliphatic carbocycles. The predicted octanol–water partition coefficient (Wildman–Crippen LogP) is 6.18. The molecule has 2 N–H and O–H groups in total. The van der Waals surface area contributed by atoms with Crippen molar-refractivity contribution >= 4 is 21.3 Å². The summed E-state index contributed by atoms with van der Waals surface area (Å²) in [5.74, 6) is 0.191. The Labute approximate surface area is 189 Å². The molecule has 0 aliphatic heterocycles. The predicted molar refractivity (Wildman–Crippen MR) is 119 cm³/mol. The molecule has 1 unspecified atom stereocenters. The minimum atomic E-state index is -4.63. The van der Waals surface area contributed by atoms with Crippen LogP contribution in [-0.2, 0) is 15.9 Å². The van der Waals surface area contributed by atoms with Crippen LogP contribution in [0.2, 0.25) is 0 Å². The molecule has 33 heavy (non-hydrogen) atoms. The number of hydrogen-bond acceptors (Lipinski definition) is 5. The van der Waals surface area contributed by atoms with Crippen molar-refractivity contribution in [1.29, 1.82) is 4.78 Å². The van der Waals surface area contributed by atoms with Crippen LogP contribution in [0, 0.1) is 4.78 Å². The van der Waals surface area contributed by atoms with Gasteiger partial charge in [0.25, 0.3) is 5.91 Å². The molecule has 0 heterocycles. The van der Waals surface area contributed by atoms with Crippen molar-refractivity contribution < 1.29 is 31.6 Å². The second-order valence-electron chi connectivity index (χ2n) is 7.04. The minimum absolute atomic E-state index is 0.00329. The lowest BCUT2D eigenvalue weighted by molar-refractivity contribution is -0.137. The highest BCUT2D eigenvalue weighted by Gasteiger charge is 2.31. The van der Waals surface area contributed by atoms with E-state index in [1.807, 2.05) is 6.92 Å². The number of alkyl halides is 3. The molecule has 0 bridgehead atoms. The summed E-state index contributed by atoms with van der Waals surface area (Å²) >= 11 is 0. The fourth-order valence-electron chi connectivity index (χ4n) is 2.86. The van der Waals surface area contributed by atoms with Crippen LogP contribution in [0.1, 0.15) is 22.8 Å². The third kappa shape index (κ3) is 6.26. The average molecular weight is 478 g/mol. The van der Waals surface area contributed by atoms with Gasteiger partial charge in [-0.15, -0.1) is 0 Å². The third-order valence-electron chi connectivity index (χ3n) is 4.46. The molecule has 0 aromatic heterocycles. The van der Waals surface area contributed by atoms with Gasteiger partial charge in [0.05, 0.1) is 27.6 Å². The first-order chi connectivity index (χ1) is 15.5. The Morgan fingerprint density at radius 2 is 1.70 bits per heavy atom. The quantitative estimate of drug-likeness (QED) is 0.424. The second kappa shape index (κ2) is 9.53. The average Bonchev–Trinajstić information content (AvgIpc) is 2.75. The molecule has 0 spiro atoms. The molecule has 3 aromatic carbocycles. The van der Waals surface area contributed by atoms with Gasteiger partial charge in [0.15, 0.2) is 5.75 Å². The molecule has 0 radical (unpaired) electrons. The summed E-state index contributed by atoms with van der Waals surface area (Å²) in [6.45, 7) is 2.31. The third-order valence-corrected chi connectivity index (χ3v) is 5.62. The molecular weight excluding hydrogens is 457 g/mol. The summed E-state index contributed by atoms with van der Waals surface area (Å²) < 4.78 is 70.5. The highest BCUT2D eigenvalue weighted by Crippen LogP contribution is 2.37. The maximum atomic E-state index is 13.3. The Morgan fingerprint density at radius 1 is 1.03 bits per heavy atom. The Kier molecular flexibility index (Phi) is 6.97. The van der Waals surface area contributed by atoms with Crippen molar-refractivity contribution in [2.45, 2.75) is 18.0 Å². The van der Waals surface area contributed by atoms with E-state index in [1.54, 1.807) is 24.3 Å². The lowest BCUT2D eigenvalue weighted by atomic mass is 10.1. The van der Waals surface area contributed by atoms with Gasteiger partial charge in [-0.2, -0.15) is 13.2 Å². The monoisotopic (exact) mass is 478 g/mol. The van der Waals surface area contributed by atoms with Crippen LogP contribution in [0.15, 0.2) is 71.6 Å². The number of nitrogens with one attached hydrogen (secondary N) is 2. The Morgan fingerprint density at radius 3 is 2.30 bits per heavy atom. The van der Waals surface area contributed by atoms with Crippen molar-refractivity contribution in [3.63, 3.8) is 0 Å². The summed E-state index contributed by atoms with van der Waals surface area (Å²) in [6.07, 6.45) is -3.42. The number of anilines is 1. The fourth-order valence-corrected chi connectivity index (χ4v) is 3.55. The zero-order valence-corrected chi connectivity index (χ0v) is 18.5. The number of carbonyl (C=O) groups is 1. The van der Waals surface area contributed by atoms with Gasteiger partial charge in [0.2, 0.25) is 0 Å². The van der Waals surface area contributed by atoms with Gasteiger partial charge in [-0.1, -0.05) is 6.07 Å². The standard InChI is InChI=1S/C23H21F3N2O4S/c1-3-31-17-8-10-18(11-9-17)32-21-12-7-16(23(24,25)26)14-20(21)28-22(29)15-5-4-6-19(13-15)33(2,27)30/h4-14,27H,3H2,1-2H3,(H,28,29). The van der Waals surface area contributed by atoms with Crippen LogP contribution in [0.3, 0.4) is 0 Å². The van der Waals surface area contributed by atoms with E-state index in [1.165, 1.54) is 30.5 Å². The van der Waals surface area contributed by atoms with Crippen LogP contribution in [-0.4, -0.2) is 23.0 Å².